The van der Waals surface area contributed by atoms with Gasteiger partial charge < -0.3 is 14.2 Å². The molecular formula is C22H27N3O4. The van der Waals surface area contributed by atoms with Gasteiger partial charge in [-0.15, -0.1) is 0 Å². The molecule has 2 aliphatic rings. The highest BCUT2D eigenvalue weighted by Gasteiger charge is 2.32. The van der Waals surface area contributed by atoms with E-state index in [1.165, 1.54) is 19.8 Å². The van der Waals surface area contributed by atoms with Crippen molar-refractivity contribution in [1.29, 1.82) is 0 Å². The molecule has 0 spiro atoms. The lowest BCUT2D eigenvalue weighted by Gasteiger charge is -2.32. The fraction of sp³-hybridized carbons (Fsp3) is 0.545. The third-order valence-corrected chi connectivity index (χ3v) is 5.94. The van der Waals surface area contributed by atoms with Crippen molar-refractivity contribution in [3.63, 3.8) is 0 Å². The molecule has 1 saturated carbocycles. The summed E-state index contributed by atoms with van der Waals surface area (Å²) in [5.41, 5.74) is 0.787. The number of carbonyl (C=O) groups excluding carboxylic acids is 2. The summed E-state index contributed by atoms with van der Waals surface area (Å²) in [5.74, 6) is 1.19. The number of ether oxygens (including phenoxy) is 1. The predicted molar refractivity (Wildman–Crippen MR) is 105 cm³/mol. The molecule has 1 aliphatic heterocycles. The Hall–Kier alpha value is -2.70. The van der Waals surface area contributed by atoms with E-state index in [2.05, 4.69) is 10.1 Å². The van der Waals surface area contributed by atoms with E-state index in [1.807, 2.05) is 35.2 Å². The summed E-state index contributed by atoms with van der Waals surface area (Å²) in [7, 11) is 0. The molecule has 4 rings (SSSR count). The molecule has 29 heavy (non-hydrogen) atoms. The van der Waals surface area contributed by atoms with Crippen molar-refractivity contribution < 1.29 is 18.8 Å². The monoisotopic (exact) mass is 397 g/mol. The third kappa shape index (κ3) is 4.49. The number of hydrogen-bond acceptors (Lipinski definition) is 6. The first-order valence-corrected chi connectivity index (χ1v) is 10.5. The van der Waals surface area contributed by atoms with Crippen molar-refractivity contribution in [2.45, 2.75) is 57.5 Å². The number of esters is 1. The Morgan fingerprint density at radius 3 is 2.45 bits per heavy atom. The fourth-order valence-electron chi connectivity index (χ4n) is 4.36. The van der Waals surface area contributed by atoms with Crippen molar-refractivity contribution >= 4 is 11.9 Å². The number of carbonyl (C=O) groups is 2. The molecular weight excluding hydrogens is 370 g/mol. The SMILES string of the molecule is CC(=O)O[C@@H](c1ccccc1)c1nc(C2CCN(C(=O)C3CCCC3)CC2)no1. The molecule has 154 valence electrons. The van der Waals surface area contributed by atoms with Crippen LogP contribution in [0.25, 0.3) is 0 Å². The number of aromatic nitrogens is 2. The van der Waals surface area contributed by atoms with Crippen LogP contribution in [0.4, 0.5) is 0 Å². The molecule has 0 unspecified atom stereocenters. The Morgan fingerprint density at radius 1 is 1.10 bits per heavy atom. The van der Waals surface area contributed by atoms with E-state index in [0.29, 0.717) is 11.7 Å². The maximum atomic E-state index is 12.6. The van der Waals surface area contributed by atoms with Crippen LogP contribution in [0.3, 0.4) is 0 Å². The molecule has 2 fully saturated rings. The summed E-state index contributed by atoms with van der Waals surface area (Å²) in [6, 6.07) is 9.38. The summed E-state index contributed by atoms with van der Waals surface area (Å²) in [5, 5.41) is 4.16. The zero-order chi connectivity index (χ0) is 20.2. The van der Waals surface area contributed by atoms with Crippen molar-refractivity contribution in [3.05, 3.63) is 47.6 Å². The van der Waals surface area contributed by atoms with Gasteiger partial charge in [-0.3, -0.25) is 9.59 Å². The van der Waals surface area contributed by atoms with Crippen LogP contribution in [0.5, 0.6) is 0 Å². The van der Waals surface area contributed by atoms with Crippen molar-refractivity contribution in [3.8, 4) is 0 Å². The number of benzene rings is 1. The molecule has 2 aromatic rings. The minimum atomic E-state index is -0.709. The molecule has 1 amide bonds. The van der Waals surface area contributed by atoms with Gasteiger partial charge in [0.05, 0.1) is 0 Å². The Morgan fingerprint density at radius 2 is 1.79 bits per heavy atom. The van der Waals surface area contributed by atoms with Crippen molar-refractivity contribution in [1.82, 2.24) is 15.0 Å². The molecule has 0 bridgehead atoms. The average Bonchev–Trinajstić information content (AvgIpc) is 3.44. The topological polar surface area (TPSA) is 85.5 Å². The number of hydrogen-bond donors (Lipinski definition) is 0. The molecule has 7 nitrogen and oxygen atoms in total. The molecule has 1 aliphatic carbocycles. The van der Waals surface area contributed by atoms with Gasteiger partial charge in [-0.25, -0.2) is 0 Å². The van der Waals surface area contributed by atoms with Gasteiger partial charge in [0.15, 0.2) is 5.82 Å². The van der Waals surface area contributed by atoms with E-state index in [1.54, 1.807) is 0 Å². The molecule has 7 heteroatoms. The number of rotatable bonds is 5. The standard InChI is InChI=1S/C22H27N3O4/c1-15(26)28-19(16-7-3-2-4-8-16)21-23-20(24-29-21)17-11-13-25(14-12-17)22(27)18-9-5-6-10-18/h2-4,7-8,17-19H,5-6,9-14H2,1H3/t19-/m0/s1. The minimum absolute atomic E-state index is 0.147. The summed E-state index contributed by atoms with van der Waals surface area (Å²) in [6.07, 6.45) is 5.34. The van der Waals surface area contributed by atoms with Crippen LogP contribution in [0, 0.1) is 5.92 Å². The Balaban J connectivity index is 1.42. The molecule has 0 N–H and O–H groups in total. The lowest BCUT2D eigenvalue weighted by atomic mass is 9.94. The maximum absolute atomic E-state index is 12.6. The molecule has 1 aromatic heterocycles. The second-order valence-corrected chi connectivity index (χ2v) is 7.97. The average molecular weight is 397 g/mol. The highest BCUT2D eigenvalue weighted by molar-refractivity contribution is 5.79. The second kappa shape index (κ2) is 8.76. The molecule has 1 saturated heterocycles. The zero-order valence-corrected chi connectivity index (χ0v) is 16.8. The smallest absolute Gasteiger partial charge is 0.303 e. The number of nitrogens with zero attached hydrogens (tertiary/aromatic N) is 3. The van der Waals surface area contributed by atoms with Crippen molar-refractivity contribution in [2.24, 2.45) is 5.92 Å². The van der Waals surface area contributed by atoms with Gasteiger partial charge in [-0.05, 0) is 25.7 Å². The molecule has 1 aromatic carbocycles. The number of piperidine rings is 1. The minimum Gasteiger partial charge on any atom is -0.447 e. The van der Waals surface area contributed by atoms with Crippen LogP contribution in [-0.4, -0.2) is 40.0 Å². The molecule has 1 atom stereocenters. The first-order chi connectivity index (χ1) is 14.1. The highest BCUT2D eigenvalue weighted by atomic mass is 16.6. The van der Waals surface area contributed by atoms with Gasteiger partial charge in [-0.1, -0.05) is 48.3 Å². The van der Waals surface area contributed by atoms with Gasteiger partial charge in [0.2, 0.25) is 12.0 Å². The molecule has 0 radical (unpaired) electrons. The van der Waals surface area contributed by atoms with E-state index >= 15 is 0 Å². The van der Waals surface area contributed by atoms with Crippen LogP contribution in [0.1, 0.15) is 74.7 Å². The van der Waals surface area contributed by atoms with Gasteiger partial charge in [0.1, 0.15) is 0 Å². The van der Waals surface area contributed by atoms with E-state index in [9.17, 15) is 9.59 Å². The predicted octanol–water partition coefficient (Wildman–Crippen LogP) is 3.62. The fourth-order valence-corrected chi connectivity index (χ4v) is 4.36. The van der Waals surface area contributed by atoms with Gasteiger partial charge in [0.25, 0.3) is 5.89 Å². The number of amides is 1. The molecule has 2 heterocycles. The van der Waals surface area contributed by atoms with Gasteiger partial charge in [0, 0.05) is 37.4 Å². The van der Waals surface area contributed by atoms with Gasteiger partial charge in [-0.2, -0.15) is 4.98 Å². The summed E-state index contributed by atoms with van der Waals surface area (Å²) >= 11 is 0. The Kier molecular flexibility index (Phi) is 5.92. The summed E-state index contributed by atoms with van der Waals surface area (Å²) < 4.78 is 10.9. The largest absolute Gasteiger partial charge is 0.447 e. The van der Waals surface area contributed by atoms with E-state index < -0.39 is 12.1 Å². The summed E-state index contributed by atoms with van der Waals surface area (Å²) in [4.78, 5) is 30.7. The quantitative estimate of drug-likeness (QED) is 0.717. The summed E-state index contributed by atoms with van der Waals surface area (Å²) in [6.45, 7) is 2.83. The normalized spacial score (nSPS) is 19.3. The third-order valence-electron chi connectivity index (χ3n) is 5.94. The van der Waals surface area contributed by atoms with Crippen LogP contribution in [0.15, 0.2) is 34.9 Å². The van der Waals surface area contributed by atoms with Crippen LogP contribution < -0.4 is 0 Å². The van der Waals surface area contributed by atoms with E-state index in [-0.39, 0.29) is 17.7 Å². The van der Waals surface area contributed by atoms with Crippen molar-refractivity contribution in [2.75, 3.05) is 13.1 Å². The van der Waals surface area contributed by atoms with E-state index in [0.717, 1.165) is 44.3 Å². The Labute approximate surface area is 170 Å². The number of likely N-dealkylation sites (tertiary alicyclic amines) is 1. The maximum Gasteiger partial charge on any atom is 0.303 e. The van der Waals surface area contributed by atoms with Crippen LogP contribution in [0.2, 0.25) is 0 Å². The highest BCUT2D eigenvalue weighted by Crippen LogP contribution is 2.32. The lowest BCUT2D eigenvalue weighted by molar-refractivity contribution is -0.145. The lowest BCUT2D eigenvalue weighted by Crippen LogP contribution is -2.41. The van der Waals surface area contributed by atoms with Gasteiger partial charge >= 0.3 is 5.97 Å². The zero-order valence-electron chi connectivity index (χ0n) is 16.8. The van der Waals surface area contributed by atoms with Crippen LogP contribution >= 0.6 is 0 Å². The first-order valence-electron chi connectivity index (χ1n) is 10.5. The first kappa shape index (κ1) is 19.6. The second-order valence-electron chi connectivity index (χ2n) is 7.97. The van der Waals surface area contributed by atoms with Crippen LogP contribution in [-0.2, 0) is 14.3 Å². The Bertz CT molecular complexity index is 837. The van der Waals surface area contributed by atoms with E-state index in [4.69, 9.17) is 9.26 Å².